The Labute approximate surface area is 171 Å². The maximum absolute atomic E-state index is 12.8. The number of carbonyl (C=O) groups is 2. The SMILES string of the molecule is O=C(CCN1CCOCC1)N1CCN(C(=O)c2ccc(-n3cccc3)cc2)CC1. The van der Waals surface area contributed by atoms with Gasteiger partial charge in [-0.15, -0.1) is 0 Å². The fourth-order valence-corrected chi connectivity index (χ4v) is 3.86. The van der Waals surface area contributed by atoms with Gasteiger partial charge in [0.1, 0.15) is 0 Å². The molecule has 0 N–H and O–H groups in total. The van der Waals surface area contributed by atoms with Crippen molar-refractivity contribution >= 4 is 11.8 Å². The summed E-state index contributed by atoms with van der Waals surface area (Å²) >= 11 is 0. The van der Waals surface area contributed by atoms with Gasteiger partial charge in [0, 0.05) is 75.9 Å². The fourth-order valence-electron chi connectivity index (χ4n) is 3.86. The lowest BCUT2D eigenvalue weighted by Crippen LogP contribution is -2.51. The summed E-state index contributed by atoms with van der Waals surface area (Å²) in [6.07, 6.45) is 4.49. The van der Waals surface area contributed by atoms with Crippen LogP contribution in [0.5, 0.6) is 0 Å². The van der Waals surface area contributed by atoms with Gasteiger partial charge < -0.3 is 19.1 Å². The number of carbonyl (C=O) groups excluding carboxylic acids is 2. The Balaban J connectivity index is 1.25. The second kappa shape index (κ2) is 9.24. The van der Waals surface area contributed by atoms with E-state index in [0.29, 0.717) is 38.2 Å². The van der Waals surface area contributed by atoms with Crippen molar-refractivity contribution in [3.8, 4) is 5.69 Å². The van der Waals surface area contributed by atoms with Crippen LogP contribution in [0.2, 0.25) is 0 Å². The van der Waals surface area contributed by atoms with Crippen LogP contribution < -0.4 is 0 Å². The summed E-state index contributed by atoms with van der Waals surface area (Å²) in [5.74, 6) is 0.212. The topological polar surface area (TPSA) is 58.0 Å². The average molecular weight is 396 g/mol. The van der Waals surface area contributed by atoms with Gasteiger partial charge in [0.2, 0.25) is 5.91 Å². The van der Waals surface area contributed by atoms with Crippen molar-refractivity contribution in [3.63, 3.8) is 0 Å². The molecule has 0 aliphatic carbocycles. The zero-order valence-corrected chi connectivity index (χ0v) is 16.7. The van der Waals surface area contributed by atoms with E-state index < -0.39 is 0 Å². The number of nitrogens with zero attached hydrogens (tertiary/aromatic N) is 4. The maximum Gasteiger partial charge on any atom is 0.253 e. The second-order valence-corrected chi connectivity index (χ2v) is 7.51. The number of ether oxygens (including phenoxy) is 1. The Morgan fingerprint density at radius 2 is 1.45 bits per heavy atom. The molecule has 2 fully saturated rings. The van der Waals surface area contributed by atoms with E-state index in [-0.39, 0.29) is 11.8 Å². The standard InChI is InChI=1S/C22H28N4O3/c27-21(7-10-23-15-17-29-18-16-23)25-11-13-26(14-12-25)22(28)19-3-5-20(6-4-19)24-8-1-2-9-24/h1-6,8-9H,7,10-18H2. The Morgan fingerprint density at radius 3 is 2.10 bits per heavy atom. The number of benzene rings is 1. The molecule has 1 aromatic heterocycles. The van der Waals surface area contributed by atoms with E-state index in [4.69, 9.17) is 4.74 Å². The Morgan fingerprint density at radius 1 is 0.828 bits per heavy atom. The molecule has 0 unspecified atom stereocenters. The lowest BCUT2D eigenvalue weighted by atomic mass is 10.1. The van der Waals surface area contributed by atoms with Crippen molar-refractivity contribution in [2.45, 2.75) is 6.42 Å². The highest BCUT2D eigenvalue weighted by Crippen LogP contribution is 2.14. The first-order chi connectivity index (χ1) is 14.2. The van der Waals surface area contributed by atoms with Crippen molar-refractivity contribution in [2.75, 3.05) is 59.0 Å². The highest BCUT2D eigenvalue weighted by molar-refractivity contribution is 5.94. The van der Waals surface area contributed by atoms with Crippen molar-refractivity contribution < 1.29 is 14.3 Å². The summed E-state index contributed by atoms with van der Waals surface area (Å²) in [6.45, 7) is 6.47. The van der Waals surface area contributed by atoms with Gasteiger partial charge in [-0.3, -0.25) is 14.5 Å². The first kappa shape index (κ1) is 19.7. The van der Waals surface area contributed by atoms with Gasteiger partial charge in [-0.05, 0) is 36.4 Å². The predicted octanol–water partition coefficient (Wildman–Crippen LogP) is 1.48. The van der Waals surface area contributed by atoms with Gasteiger partial charge in [-0.25, -0.2) is 0 Å². The quantitative estimate of drug-likeness (QED) is 0.768. The highest BCUT2D eigenvalue weighted by atomic mass is 16.5. The van der Waals surface area contributed by atoms with Crippen LogP contribution >= 0.6 is 0 Å². The maximum atomic E-state index is 12.8. The number of rotatable bonds is 5. The summed E-state index contributed by atoms with van der Waals surface area (Å²) in [4.78, 5) is 31.3. The van der Waals surface area contributed by atoms with Gasteiger partial charge in [0.15, 0.2) is 0 Å². The minimum atomic E-state index is 0.0319. The molecule has 7 nitrogen and oxygen atoms in total. The smallest absolute Gasteiger partial charge is 0.253 e. The number of hydrogen-bond donors (Lipinski definition) is 0. The molecule has 0 radical (unpaired) electrons. The molecule has 2 saturated heterocycles. The summed E-state index contributed by atoms with van der Waals surface area (Å²) < 4.78 is 7.35. The number of piperazine rings is 1. The largest absolute Gasteiger partial charge is 0.379 e. The van der Waals surface area contributed by atoms with E-state index in [0.717, 1.165) is 38.5 Å². The van der Waals surface area contributed by atoms with Crippen molar-refractivity contribution in [2.24, 2.45) is 0 Å². The van der Waals surface area contributed by atoms with Crippen LogP contribution in [-0.4, -0.2) is 90.1 Å². The normalized spacial score (nSPS) is 18.1. The van der Waals surface area contributed by atoms with Crippen LogP contribution in [0.1, 0.15) is 16.8 Å². The fraction of sp³-hybridized carbons (Fsp3) is 0.455. The van der Waals surface area contributed by atoms with E-state index in [1.807, 2.05) is 63.2 Å². The molecule has 2 aliphatic rings. The summed E-state index contributed by atoms with van der Waals surface area (Å²) in [5, 5.41) is 0. The summed E-state index contributed by atoms with van der Waals surface area (Å²) in [5.41, 5.74) is 1.72. The lowest BCUT2D eigenvalue weighted by molar-refractivity contribution is -0.133. The molecule has 0 bridgehead atoms. The molecule has 29 heavy (non-hydrogen) atoms. The van der Waals surface area contributed by atoms with Crippen LogP contribution in [-0.2, 0) is 9.53 Å². The van der Waals surface area contributed by atoms with Crippen molar-refractivity contribution in [3.05, 3.63) is 54.4 Å². The van der Waals surface area contributed by atoms with E-state index in [9.17, 15) is 9.59 Å². The van der Waals surface area contributed by atoms with Crippen LogP contribution in [0.3, 0.4) is 0 Å². The molecule has 0 saturated carbocycles. The summed E-state index contributed by atoms with van der Waals surface area (Å²) in [6, 6.07) is 11.6. The second-order valence-electron chi connectivity index (χ2n) is 7.51. The summed E-state index contributed by atoms with van der Waals surface area (Å²) in [7, 11) is 0. The van der Waals surface area contributed by atoms with E-state index in [1.165, 1.54) is 0 Å². The van der Waals surface area contributed by atoms with Gasteiger partial charge in [-0.1, -0.05) is 0 Å². The molecular weight excluding hydrogens is 368 g/mol. The van der Waals surface area contributed by atoms with E-state index >= 15 is 0 Å². The van der Waals surface area contributed by atoms with Crippen molar-refractivity contribution in [1.29, 1.82) is 0 Å². The first-order valence-corrected chi connectivity index (χ1v) is 10.3. The van der Waals surface area contributed by atoms with Crippen LogP contribution in [0.15, 0.2) is 48.8 Å². The molecule has 154 valence electrons. The molecule has 2 aliphatic heterocycles. The zero-order chi connectivity index (χ0) is 20.1. The number of hydrogen-bond acceptors (Lipinski definition) is 4. The van der Waals surface area contributed by atoms with E-state index in [2.05, 4.69) is 4.90 Å². The van der Waals surface area contributed by atoms with Crippen molar-refractivity contribution in [1.82, 2.24) is 19.3 Å². The third-order valence-corrected chi connectivity index (χ3v) is 5.68. The molecule has 0 spiro atoms. The monoisotopic (exact) mass is 396 g/mol. The predicted molar refractivity (Wildman–Crippen MR) is 110 cm³/mol. The third kappa shape index (κ3) is 4.86. The van der Waals surface area contributed by atoms with Gasteiger partial charge in [0.05, 0.1) is 13.2 Å². The molecule has 3 heterocycles. The molecule has 0 atom stereocenters. The first-order valence-electron chi connectivity index (χ1n) is 10.3. The average Bonchev–Trinajstić information content (AvgIpc) is 3.33. The van der Waals surface area contributed by atoms with Crippen LogP contribution in [0, 0.1) is 0 Å². The van der Waals surface area contributed by atoms with Gasteiger partial charge in [0.25, 0.3) is 5.91 Å². The Kier molecular flexibility index (Phi) is 6.27. The molecule has 2 aromatic rings. The van der Waals surface area contributed by atoms with E-state index in [1.54, 1.807) is 0 Å². The Hall–Kier alpha value is -2.64. The zero-order valence-electron chi connectivity index (χ0n) is 16.7. The van der Waals surface area contributed by atoms with Gasteiger partial charge >= 0.3 is 0 Å². The molecular formula is C22H28N4O3. The number of morpholine rings is 1. The molecule has 1 aromatic carbocycles. The molecule has 2 amide bonds. The molecule has 4 rings (SSSR count). The Bertz CT molecular complexity index is 805. The number of aromatic nitrogens is 1. The highest BCUT2D eigenvalue weighted by Gasteiger charge is 2.25. The van der Waals surface area contributed by atoms with Gasteiger partial charge in [-0.2, -0.15) is 0 Å². The minimum absolute atomic E-state index is 0.0319. The van der Waals surface area contributed by atoms with Crippen LogP contribution in [0.4, 0.5) is 0 Å². The third-order valence-electron chi connectivity index (χ3n) is 5.68. The molecule has 7 heteroatoms. The minimum Gasteiger partial charge on any atom is -0.379 e. The number of amides is 2. The lowest BCUT2D eigenvalue weighted by Gasteiger charge is -2.35. The van der Waals surface area contributed by atoms with Crippen LogP contribution in [0.25, 0.3) is 5.69 Å².